The molecule has 0 atom stereocenters. The van der Waals surface area contributed by atoms with Crippen molar-refractivity contribution in [2.45, 2.75) is 18.9 Å². The van der Waals surface area contributed by atoms with Gasteiger partial charge in [0.05, 0.1) is 11.8 Å². The minimum absolute atomic E-state index is 0.0209. The molecule has 0 spiro atoms. The number of likely N-dealkylation sites (tertiary alicyclic amines) is 1. The van der Waals surface area contributed by atoms with Crippen molar-refractivity contribution in [2.24, 2.45) is 0 Å². The fourth-order valence-electron chi connectivity index (χ4n) is 2.13. The van der Waals surface area contributed by atoms with E-state index in [9.17, 15) is 9.90 Å². The first-order chi connectivity index (χ1) is 9.25. The largest absolute Gasteiger partial charge is 0.393 e. The Morgan fingerprint density at radius 3 is 2.89 bits per heavy atom. The van der Waals surface area contributed by atoms with Crippen LogP contribution in [0.5, 0.6) is 0 Å². The summed E-state index contributed by atoms with van der Waals surface area (Å²) in [7, 11) is 0. The first kappa shape index (κ1) is 12.2. The lowest BCUT2D eigenvalue weighted by molar-refractivity contribution is 0.0550. The van der Waals surface area contributed by atoms with Crippen molar-refractivity contribution in [1.29, 1.82) is 0 Å². The summed E-state index contributed by atoms with van der Waals surface area (Å²) in [6.45, 7) is 1.18. The van der Waals surface area contributed by atoms with E-state index in [1.807, 2.05) is 11.4 Å². The van der Waals surface area contributed by atoms with Gasteiger partial charge in [0.25, 0.3) is 5.91 Å². The quantitative estimate of drug-likeness (QED) is 0.856. The second-order valence-electron chi connectivity index (χ2n) is 4.41. The van der Waals surface area contributed by atoms with Gasteiger partial charge in [-0.1, -0.05) is 0 Å². The zero-order chi connectivity index (χ0) is 13.2. The average Bonchev–Trinajstić information content (AvgIpc) is 3.09. The van der Waals surface area contributed by atoms with Crippen LogP contribution in [0.1, 0.15) is 22.5 Å². The number of carbonyl (C=O) groups excluding carboxylic acids is 1. The SMILES string of the molecule is O=C(c1sccc1-n1cnnn1)N1CCC(O)CC1. The van der Waals surface area contributed by atoms with E-state index in [2.05, 4.69) is 15.5 Å². The van der Waals surface area contributed by atoms with E-state index in [-0.39, 0.29) is 12.0 Å². The monoisotopic (exact) mass is 279 g/mol. The third-order valence-electron chi connectivity index (χ3n) is 3.19. The third-order valence-corrected chi connectivity index (χ3v) is 4.08. The first-order valence-electron chi connectivity index (χ1n) is 6.04. The lowest BCUT2D eigenvalue weighted by Crippen LogP contribution is -2.40. The zero-order valence-corrected chi connectivity index (χ0v) is 11.0. The number of hydrogen-bond acceptors (Lipinski definition) is 6. The molecular weight excluding hydrogens is 266 g/mol. The Bertz CT molecular complexity index is 559. The maximum absolute atomic E-state index is 12.5. The van der Waals surface area contributed by atoms with Crippen LogP contribution in [0.3, 0.4) is 0 Å². The van der Waals surface area contributed by atoms with Crippen LogP contribution in [0.2, 0.25) is 0 Å². The number of hydrogen-bond donors (Lipinski definition) is 1. The molecule has 1 saturated heterocycles. The standard InChI is InChI=1S/C11H13N5O2S/c17-8-1-4-15(5-2-8)11(18)10-9(3-6-19-10)16-7-12-13-14-16/h3,6-8,17H,1-2,4-5H2. The number of rotatable bonds is 2. The smallest absolute Gasteiger partial charge is 0.266 e. The Balaban J connectivity index is 1.83. The molecule has 1 N–H and O–H groups in total. The third kappa shape index (κ3) is 2.36. The molecule has 0 unspecified atom stereocenters. The second-order valence-corrected chi connectivity index (χ2v) is 5.33. The van der Waals surface area contributed by atoms with Crippen molar-refractivity contribution >= 4 is 17.2 Å². The molecule has 2 aromatic rings. The van der Waals surface area contributed by atoms with Gasteiger partial charge in [-0.2, -0.15) is 4.68 Å². The summed E-state index contributed by atoms with van der Waals surface area (Å²) >= 11 is 1.38. The molecule has 3 heterocycles. The van der Waals surface area contributed by atoms with Gasteiger partial charge in [0.1, 0.15) is 11.2 Å². The highest BCUT2D eigenvalue weighted by Crippen LogP contribution is 2.23. The van der Waals surface area contributed by atoms with Gasteiger partial charge in [0, 0.05) is 13.1 Å². The molecule has 1 fully saturated rings. The molecule has 1 amide bonds. The van der Waals surface area contributed by atoms with Gasteiger partial charge in [-0.15, -0.1) is 16.4 Å². The molecule has 8 heteroatoms. The van der Waals surface area contributed by atoms with Gasteiger partial charge in [-0.05, 0) is 34.7 Å². The summed E-state index contributed by atoms with van der Waals surface area (Å²) < 4.78 is 1.49. The molecule has 0 bridgehead atoms. The number of nitrogens with zero attached hydrogens (tertiary/aromatic N) is 5. The van der Waals surface area contributed by atoms with Crippen LogP contribution in [0, 0.1) is 0 Å². The summed E-state index contributed by atoms with van der Waals surface area (Å²) in [4.78, 5) is 14.9. The Morgan fingerprint density at radius 2 is 2.21 bits per heavy atom. The van der Waals surface area contributed by atoms with Crippen molar-refractivity contribution < 1.29 is 9.90 Å². The van der Waals surface area contributed by atoms with Crippen LogP contribution in [0.25, 0.3) is 5.69 Å². The first-order valence-corrected chi connectivity index (χ1v) is 6.92. The number of aromatic nitrogens is 4. The predicted octanol–water partition coefficient (Wildman–Crippen LogP) is 0.321. The van der Waals surface area contributed by atoms with Crippen molar-refractivity contribution in [3.05, 3.63) is 22.7 Å². The summed E-state index contributed by atoms with van der Waals surface area (Å²) in [6.07, 6.45) is 2.46. The maximum atomic E-state index is 12.5. The number of thiophene rings is 1. The highest BCUT2D eigenvalue weighted by atomic mass is 32.1. The molecule has 0 saturated carbocycles. The number of tetrazole rings is 1. The molecule has 0 radical (unpaired) electrons. The van der Waals surface area contributed by atoms with Crippen LogP contribution < -0.4 is 0 Å². The van der Waals surface area contributed by atoms with E-state index in [0.29, 0.717) is 36.5 Å². The average molecular weight is 279 g/mol. The second kappa shape index (κ2) is 5.06. The molecule has 19 heavy (non-hydrogen) atoms. The molecule has 1 aliphatic heterocycles. The van der Waals surface area contributed by atoms with E-state index in [4.69, 9.17) is 0 Å². The van der Waals surface area contributed by atoms with Crippen molar-refractivity contribution in [3.8, 4) is 5.69 Å². The molecule has 0 aromatic carbocycles. The number of piperidine rings is 1. The van der Waals surface area contributed by atoms with E-state index in [1.54, 1.807) is 4.90 Å². The molecule has 2 aromatic heterocycles. The number of aliphatic hydroxyl groups is 1. The van der Waals surface area contributed by atoms with Crippen molar-refractivity contribution in [1.82, 2.24) is 25.1 Å². The predicted molar refractivity (Wildman–Crippen MR) is 68.2 cm³/mol. The van der Waals surface area contributed by atoms with E-state index < -0.39 is 0 Å². The van der Waals surface area contributed by atoms with Crippen molar-refractivity contribution in [2.75, 3.05) is 13.1 Å². The van der Waals surface area contributed by atoms with Gasteiger partial charge in [-0.3, -0.25) is 4.79 Å². The van der Waals surface area contributed by atoms with Crippen LogP contribution in [-0.4, -0.2) is 55.3 Å². The Labute approximate surface area is 113 Å². The van der Waals surface area contributed by atoms with Gasteiger partial charge >= 0.3 is 0 Å². The summed E-state index contributed by atoms with van der Waals surface area (Å²) in [6, 6.07) is 1.83. The Morgan fingerprint density at radius 1 is 1.42 bits per heavy atom. The van der Waals surface area contributed by atoms with Crippen LogP contribution in [-0.2, 0) is 0 Å². The van der Waals surface area contributed by atoms with Gasteiger partial charge in [-0.25, -0.2) is 0 Å². The highest BCUT2D eigenvalue weighted by Gasteiger charge is 2.25. The number of aliphatic hydroxyl groups excluding tert-OH is 1. The maximum Gasteiger partial charge on any atom is 0.266 e. The lowest BCUT2D eigenvalue weighted by Gasteiger charge is -2.29. The number of amides is 1. The summed E-state index contributed by atoms with van der Waals surface area (Å²) in [5.74, 6) is -0.0209. The van der Waals surface area contributed by atoms with Gasteiger partial charge in [0.2, 0.25) is 0 Å². The molecule has 3 rings (SSSR count). The lowest BCUT2D eigenvalue weighted by atomic mass is 10.1. The van der Waals surface area contributed by atoms with E-state index in [1.165, 1.54) is 22.3 Å². The van der Waals surface area contributed by atoms with Crippen LogP contribution >= 0.6 is 11.3 Å². The fraction of sp³-hybridized carbons (Fsp3) is 0.455. The Hall–Kier alpha value is -1.80. The van der Waals surface area contributed by atoms with Gasteiger partial charge < -0.3 is 10.0 Å². The topological polar surface area (TPSA) is 84.1 Å². The fourth-order valence-corrected chi connectivity index (χ4v) is 2.97. The number of carbonyl (C=O) groups is 1. The molecule has 0 aliphatic carbocycles. The molecule has 7 nitrogen and oxygen atoms in total. The van der Waals surface area contributed by atoms with Crippen LogP contribution in [0.15, 0.2) is 17.8 Å². The minimum atomic E-state index is -0.286. The van der Waals surface area contributed by atoms with Crippen molar-refractivity contribution in [3.63, 3.8) is 0 Å². The van der Waals surface area contributed by atoms with E-state index in [0.717, 1.165) is 0 Å². The molecule has 100 valence electrons. The summed E-state index contributed by atoms with van der Waals surface area (Å²) in [5.41, 5.74) is 0.700. The van der Waals surface area contributed by atoms with Gasteiger partial charge in [0.15, 0.2) is 0 Å². The Kier molecular flexibility index (Phi) is 3.26. The van der Waals surface area contributed by atoms with Crippen LogP contribution in [0.4, 0.5) is 0 Å². The normalized spacial score (nSPS) is 16.8. The molecule has 1 aliphatic rings. The highest BCUT2D eigenvalue weighted by molar-refractivity contribution is 7.12. The van der Waals surface area contributed by atoms with E-state index >= 15 is 0 Å². The zero-order valence-electron chi connectivity index (χ0n) is 10.1. The summed E-state index contributed by atoms with van der Waals surface area (Å²) in [5, 5.41) is 22.3. The minimum Gasteiger partial charge on any atom is -0.393 e. The molecular formula is C11H13N5O2S.